The standard InChI is InChI=1S/C25H17ClF2N4.C2H6.CH2O2/c1-14-5-8-17(9-6-14)31-25-30-13-15-12-29-24(22-20(27)3-2-4-21(22)28)19-11-16(26)7-10-18(19)23(15)32-25;1-2;2-1-3/h2-11,13H,12H2,1H3,(H,30,31,32);1-2H3;1H,(H,2,3). The summed E-state index contributed by atoms with van der Waals surface area (Å²) >= 11 is 6.25. The Morgan fingerprint density at radius 1 is 1.00 bits per heavy atom. The quantitative estimate of drug-likeness (QED) is 0.278. The van der Waals surface area contributed by atoms with Crippen LogP contribution in [0.3, 0.4) is 0 Å². The third-order valence-electron chi connectivity index (χ3n) is 5.27. The predicted molar refractivity (Wildman–Crippen MR) is 143 cm³/mol. The van der Waals surface area contributed by atoms with E-state index >= 15 is 0 Å². The highest BCUT2D eigenvalue weighted by molar-refractivity contribution is 6.31. The lowest BCUT2D eigenvalue weighted by Gasteiger charge is -2.13. The second-order valence-corrected chi connectivity index (χ2v) is 8.05. The average molecular weight is 523 g/mol. The summed E-state index contributed by atoms with van der Waals surface area (Å²) in [6.45, 7) is 5.94. The maximum atomic E-state index is 14.6. The van der Waals surface area contributed by atoms with Crippen LogP contribution in [0.2, 0.25) is 5.02 Å². The Labute approximate surface area is 218 Å². The van der Waals surface area contributed by atoms with Gasteiger partial charge in [0.25, 0.3) is 6.47 Å². The summed E-state index contributed by atoms with van der Waals surface area (Å²) in [5.74, 6) is -0.962. The Hall–Kier alpha value is -4.17. The summed E-state index contributed by atoms with van der Waals surface area (Å²) < 4.78 is 29.3. The van der Waals surface area contributed by atoms with Gasteiger partial charge in [0.05, 0.1) is 23.5 Å². The first-order valence-electron chi connectivity index (χ1n) is 11.5. The molecular formula is C28H25ClF2N4O2. The van der Waals surface area contributed by atoms with E-state index in [1.54, 1.807) is 24.4 Å². The lowest BCUT2D eigenvalue weighted by atomic mass is 9.95. The number of anilines is 2. The zero-order chi connectivity index (χ0) is 26.9. The summed E-state index contributed by atoms with van der Waals surface area (Å²) in [6, 6.07) is 16.8. The fraction of sp³-hybridized carbons (Fsp3) is 0.143. The largest absolute Gasteiger partial charge is 0.483 e. The molecule has 6 nitrogen and oxygen atoms in total. The maximum absolute atomic E-state index is 14.6. The Morgan fingerprint density at radius 2 is 1.65 bits per heavy atom. The summed E-state index contributed by atoms with van der Waals surface area (Å²) in [4.78, 5) is 22.0. The summed E-state index contributed by atoms with van der Waals surface area (Å²) in [5, 5.41) is 10.5. The van der Waals surface area contributed by atoms with Crippen LogP contribution in [0.15, 0.2) is 71.9 Å². The Morgan fingerprint density at radius 3 is 2.30 bits per heavy atom. The van der Waals surface area contributed by atoms with Crippen molar-refractivity contribution in [1.29, 1.82) is 0 Å². The number of fused-ring (bicyclic) bond motifs is 3. The van der Waals surface area contributed by atoms with Gasteiger partial charge in [-0.3, -0.25) is 9.79 Å². The van der Waals surface area contributed by atoms with E-state index in [0.717, 1.165) is 16.8 Å². The molecule has 1 aliphatic rings. The Kier molecular flexibility index (Phi) is 9.40. The topological polar surface area (TPSA) is 87.5 Å². The van der Waals surface area contributed by atoms with Gasteiger partial charge in [0.1, 0.15) is 11.6 Å². The van der Waals surface area contributed by atoms with Gasteiger partial charge < -0.3 is 10.4 Å². The fourth-order valence-electron chi connectivity index (χ4n) is 3.69. The van der Waals surface area contributed by atoms with Crippen LogP contribution >= 0.6 is 11.6 Å². The van der Waals surface area contributed by atoms with Crippen LogP contribution in [-0.2, 0) is 11.3 Å². The van der Waals surface area contributed by atoms with Gasteiger partial charge in [0, 0.05) is 33.6 Å². The summed E-state index contributed by atoms with van der Waals surface area (Å²) in [6.07, 6.45) is 1.68. The zero-order valence-electron chi connectivity index (χ0n) is 20.5. The monoisotopic (exact) mass is 522 g/mol. The number of nitrogens with zero attached hydrogens (tertiary/aromatic N) is 3. The van der Waals surface area contributed by atoms with Gasteiger partial charge in [0.15, 0.2) is 0 Å². The second kappa shape index (κ2) is 12.7. The molecule has 0 aliphatic carbocycles. The van der Waals surface area contributed by atoms with Crippen LogP contribution in [0.4, 0.5) is 20.4 Å². The molecule has 0 radical (unpaired) electrons. The lowest BCUT2D eigenvalue weighted by molar-refractivity contribution is -0.122. The first kappa shape index (κ1) is 27.4. The first-order valence-corrected chi connectivity index (χ1v) is 11.9. The number of rotatable bonds is 3. The van der Waals surface area contributed by atoms with Crippen LogP contribution < -0.4 is 5.32 Å². The molecular weight excluding hydrogens is 498 g/mol. The van der Waals surface area contributed by atoms with Crippen LogP contribution in [0, 0.1) is 18.6 Å². The fourth-order valence-corrected chi connectivity index (χ4v) is 3.86. The SMILES string of the molecule is CC.Cc1ccc(Nc2ncc3c(n2)-c2ccc(Cl)cc2C(c2c(F)cccc2F)=NC3)cc1.O=CO. The van der Waals surface area contributed by atoms with Crippen molar-refractivity contribution in [3.05, 3.63) is 106 Å². The lowest BCUT2D eigenvalue weighted by Crippen LogP contribution is -2.10. The molecule has 0 unspecified atom stereocenters. The average Bonchev–Trinajstić information content (AvgIpc) is 3.04. The highest BCUT2D eigenvalue weighted by Gasteiger charge is 2.25. The van der Waals surface area contributed by atoms with E-state index in [2.05, 4.69) is 15.3 Å². The van der Waals surface area contributed by atoms with E-state index in [-0.39, 0.29) is 24.3 Å². The van der Waals surface area contributed by atoms with Gasteiger partial charge in [-0.15, -0.1) is 0 Å². The van der Waals surface area contributed by atoms with E-state index in [1.165, 1.54) is 18.2 Å². The minimum Gasteiger partial charge on any atom is -0.483 e. The van der Waals surface area contributed by atoms with Gasteiger partial charge in [0.2, 0.25) is 5.95 Å². The molecule has 9 heteroatoms. The van der Waals surface area contributed by atoms with Gasteiger partial charge in [-0.05, 0) is 43.3 Å². The summed E-state index contributed by atoms with van der Waals surface area (Å²) in [7, 11) is 0. The van der Waals surface area contributed by atoms with Crippen molar-refractivity contribution in [1.82, 2.24) is 9.97 Å². The molecule has 0 saturated carbocycles. The molecule has 0 spiro atoms. The number of carbonyl (C=O) groups is 1. The number of nitrogens with one attached hydrogen (secondary N) is 1. The van der Waals surface area contributed by atoms with Crippen molar-refractivity contribution in [2.45, 2.75) is 27.3 Å². The second-order valence-electron chi connectivity index (χ2n) is 7.62. The van der Waals surface area contributed by atoms with Crippen LogP contribution in [0.1, 0.15) is 36.1 Å². The molecule has 0 amide bonds. The van der Waals surface area contributed by atoms with Crippen molar-refractivity contribution in [2.24, 2.45) is 4.99 Å². The van der Waals surface area contributed by atoms with E-state index < -0.39 is 11.6 Å². The maximum Gasteiger partial charge on any atom is 0.290 e. The Balaban J connectivity index is 0.000000711. The number of aryl methyl sites for hydroxylation is 1. The third-order valence-corrected chi connectivity index (χ3v) is 5.51. The van der Waals surface area contributed by atoms with Crippen molar-refractivity contribution in [3.8, 4) is 11.3 Å². The molecule has 0 saturated heterocycles. The third kappa shape index (κ3) is 6.34. The van der Waals surface area contributed by atoms with Crippen molar-refractivity contribution < 1.29 is 18.7 Å². The van der Waals surface area contributed by atoms with E-state index in [0.29, 0.717) is 27.8 Å². The van der Waals surface area contributed by atoms with Gasteiger partial charge in [-0.1, -0.05) is 55.3 Å². The molecule has 0 fully saturated rings. The van der Waals surface area contributed by atoms with Crippen LogP contribution in [0.25, 0.3) is 11.3 Å². The molecule has 4 aromatic rings. The molecule has 37 heavy (non-hydrogen) atoms. The molecule has 3 aromatic carbocycles. The van der Waals surface area contributed by atoms with Crippen LogP contribution in [-0.4, -0.2) is 27.3 Å². The van der Waals surface area contributed by atoms with Crippen molar-refractivity contribution in [2.75, 3.05) is 5.32 Å². The number of hydrogen-bond donors (Lipinski definition) is 2. The Bertz CT molecular complexity index is 1410. The number of carboxylic acid groups (broad SMARTS) is 1. The number of aliphatic imine (C=N–C) groups is 1. The predicted octanol–water partition coefficient (Wildman–Crippen LogP) is 7.21. The molecule has 0 bridgehead atoms. The van der Waals surface area contributed by atoms with Gasteiger partial charge in [-0.2, -0.15) is 0 Å². The first-order chi connectivity index (χ1) is 17.9. The van der Waals surface area contributed by atoms with Crippen LogP contribution in [0.5, 0.6) is 0 Å². The molecule has 190 valence electrons. The van der Waals surface area contributed by atoms with Crippen molar-refractivity contribution >= 4 is 35.4 Å². The number of benzene rings is 3. The van der Waals surface area contributed by atoms with E-state index in [9.17, 15) is 8.78 Å². The molecule has 5 rings (SSSR count). The summed E-state index contributed by atoms with van der Waals surface area (Å²) in [5.41, 5.74) is 4.59. The number of hydrogen-bond acceptors (Lipinski definition) is 5. The van der Waals surface area contributed by atoms with E-state index in [1.807, 2.05) is 45.0 Å². The van der Waals surface area contributed by atoms with Crippen molar-refractivity contribution in [3.63, 3.8) is 0 Å². The molecule has 2 N–H and O–H groups in total. The number of halogens is 3. The van der Waals surface area contributed by atoms with E-state index in [4.69, 9.17) is 26.5 Å². The number of aromatic nitrogens is 2. The molecule has 2 heterocycles. The molecule has 0 atom stereocenters. The van der Waals surface area contributed by atoms with Gasteiger partial charge in [-0.25, -0.2) is 18.7 Å². The zero-order valence-corrected chi connectivity index (χ0v) is 21.2. The minimum atomic E-state index is -0.687. The highest BCUT2D eigenvalue weighted by Crippen LogP contribution is 2.34. The smallest absolute Gasteiger partial charge is 0.290 e. The highest BCUT2D eigenvalue weighted by atomic mass is 35.5. The molecule has 1 aromatic heterocycles. The normalized spacial score (nSPS) is 11.2. The van der Waals surface area contributed by atoms with Gasteiger partial charge >= 0.3 is 0 Å². The molecule has 1 aliphatic heterocycles. The minimum absolute atomic E-state index is 0.176.